The zero-order valence-electron chi connectivity index (χ0n) is 26.6. The van der Waals surface area contributed by atoms with E-state index in [1.54, 1.807) is 0 Å². The van der Waals surface area contributed by atoms with Crippen LogP contribution in [0.2, 0.25) is 0 Å². The van der Waals surface area contributed by atoms with Gasteiger partial charge in [-0.25, -0.2) is 4.57 Å². The Morgan fingerprint density at radius 1 is 0.568 bits per heavy atom. The van der Waals surface area contributed by atoms with Crippen molar-refractivity contribution in [1.29, 1.82) is 0 Å². The largest absolute Gasteiger partial charge is 0.249 e. The standard InChI is InChI=1S/C42H41N2/c1-41(2)35-21-20-32(44-27-43(5)39-22-30-18-12-13-19-31(30)23-40(39)44)24-36(35)42(3,4)38-26-34(29-16-10-7-11-17-29)33(25-37(38)41)28-14-8-6-9-15-28/h6-11,14-17,20-27H,12-13,18-19H2,1-5H3/q+1. The number of nitrogens with zero attached hydrogens (tertiary/aromatic N) is 2. The van der Waals surface area contributed by atoms with E-state index in [9.17, 15) is 0 Å². The number of benzene rings is 5. The Hall–Kier alpha value is -4.43. The first-order valence-corrected chi connectivity index (χ1v) is 16.2. The fourth-order valence-electron chi connectivity index (χ4n) is 8.12. The molecule has 0 bridgehead atoms. The highest BCUT2D eigenvalue weighted by Crippen LogP contribution is 2.52. The van der Waals surface area contributed by atoms with Gasteiger partial charge in [-0.3, -0.25) is 0 Å². The zero-order valence-corrected chi connectivity index (χ0v) is 26.6. The molecule has 6 aromatic rings. The minimum absolute atomic E-state index is 0.139. The molecule has 0 fully saturated rings. The van der Waals surface area contributed by atoms with E-state index in [2.05, 4.69) is 153 Å². The first kappa shape index (κ1) is 27.1. The molecule has 2 nitrogen and oxygen atoms in total. The van der Waals surface area contributed by atoms with Gasteiger partial charge in [-0.05, 0) is 118 Å². The first-order valence-electron chi connectivity index (χ1n) is 16.2. The molecule has 0 N–H and O–H groups in total. The SMILES string of the molecule is C[n+]1cn(-c2ccc3c(c2)C(C)(C)c2cc(-c4ccccc4)c(-c4ccccc4)cc2C3(C)C)c2cc3c(cc21)CCCC3. The third kappa shape index (κ3) is 4.04. The van der Waals surface area contributed by atoms with Crippen molar-refractivity contribution in [2.24, 2.45) is 7.05 Å². The highest BCUT2D eigenvalue weighted by Gasteiger charge is 2.43. The Morgan fingerprint density at radius 2 is 1.09 bits per heavy atom. The minimum Gasteiger partial charge on any atom is -0.232 e. The molecule has 0 aliphatic heterocycles. The molecule has 8 rings (SSSR count). The second-order valence-electron chi connectivity index (χ2n) is 14.1. The van der Waals surface area contributed by atoms with Gasteiger partial charge in [0.25, 0.3) is 0 Å². The third-order valence-corrected chi connectivity index (χ3v) is 10.7. The number of aromatic nitrogens is 2. The Bertz CT molecular complexity index is 2060. The summed E-state index contributed by atoms with van der Waals surface area (Å²) in [5.74, 6) is 0. The molecule has 0 saturated heterocycles. The van der Waals surface area contributed by atoms with Crippen LogP contribution in [0.3, 0.4) is 0 Å². The van der Waals surface area contributed by atoms with E-state index in [-0.39, 0.29) is 10.8 Å². The van der Waals surface area contributed by atoms with Crippen molar-refractivity contribution in [2.75, 3.05) is 0 Å². The van der Waals surface area contributed by atoms with Gasteiger partial charge in [0, 0.05) is 10.8 Å². The summed E-state index contributed by atoms with van der Waals surface area (Å²) < 4.78 is 4.71. The van der Waals surface area contributed by atoms with Gasteiger partial charge in [0.05, 0.1) is 7.05 Å². The zero-order chi connectivity index (χ0) is 30.2. The predicted octanol–water partition coefficient (Wildman–Crippen LogP) is 9.63. The smallest absolute Gasteiger partial charge is 0.232 e. The summed E-state index contributed by atoms with van der Waals surface area (Å²) in [6, 6.07) is 38.9. The normalized spacial score (nSPS) is 16.3. The summed E-state index contributed by atoms with van der Waals surface area (Å²) in [6.45, 7) is 9.66. The van der Waals surface area contributed by atoms with E-state index in [1.807, 2.05) is 0 Å². The van der Waals surface area contributed by atoms with Gasteiger partial charge in [-0.1, -0.05) is 94.4 Å². The van der Waals surface area contributed by atoms with Gasteiger partial charge in [0.1, 0.15) is 5.69 Å². The molecule has 2 aliphatic rings. The monoisotopic (exact) mass is 573 g/mol. The average Bonchev–Trinajstić information content (AvgIpc) is 3.37. The Kier molecular flexibility index (Phi) is 6.04. The number of rotatable bonds is 3. The number of aryl methyl sites for hydroxylation is 3. The van der Waals surface area contributed by atoms with Crippen molar-refractivity contribution in [3.8, 4) is 27.9 Å². The molecule has 0 saturated carbocycles. The first-order chi connectivity index (χ1) is 21.2. The summed E-state index contributed by atoms with van der Waals surface area (Å²) in [5.41, 5.74) is 17.4. The number of imidazole rings is 1. The average molecular weight is 574 g/mol. The van der Waals surface area contributed by atoms with E-state index in [0.717, 1.165) is 0 Å². The lowest BCUT2D eigenvalue weighted by Crippen LogP contribution is -2.37. The fourth-order valence-corrected chi connectivity index (χ4v) is 8.12. The molecule has 0 atom stereocenters. The van der Waals surface area contributed by atoms with Crippen molar-refractivity contribution in [1.82, 2.24) is 4.57 Å². The van der Waals surface area contributed by atoms with Crippen molar-refractivity contribution in [3.63, 3.8) is 0 Å². The van der Waals surface area contributed by atoms with Crippen LogP contribution in [0, 0.1) is 0 Å². The summed E-state index contributed by atoms with van der Waals surface area (Å²) in [5, 5.41) is 0. The highest BCUT2D eigenvalue weighted by molar-refractivity contribution is 5.86. The number of hydrogen-bond acceptors (Lipinski definition) is 0. The topological polar surface area (TPSA) is 8.81 Å². The maximum absolute atomic E-state index is 2.50. The van der Waals surface area contributed by atoms with Gasteiger partial charge >= 0.3 is 0 Å². The van der Waals surface area contributed by atoms with Crippen LogP contribution in [0.1, 0.15) is 73.9 Å². The van der Waals surface area contributed by atoms with Gasteiger partial charge in [0.15, 0.2) is 11.0 Å². The van der Waals surface area contributed by atoms with E-state index in [1.165, 1.54) is 98.0 Å². The van der Waals surface area contributed by atoms with Crippen molar-refractivity contribution in [3.05, 3.63) is 143 Å². The van der Waals surface area contributed by atoms with E-state index < -0.39 is 0 Å². The maximum atomic E-state index is 2.50. The molecular formula is C42H41N2+. The second-order valence-corrected chi connectivity index (χ2v) is 14.1. The molecule has 0 spiro atoms. The van der Waals surface area contributed by atoms with Gasteiger partial charge in [-0.15, -0.1) is 0 Å². The molecule has 1 aromatic heterocycles. The molecule has 1 heterocycles. The number of hydrogen-bond donors (Lipinski definition) is 0. The highest BCUT2D eigenvalue weighted by atomic mass is 15.1. The van der Waals surface area contributed by atoms with Crippen LogP contribution >= 0.6 is 0 Å². The second kappa shape index (κ2) is 9.79. The predicted molar refractivity (Wildman–Crippen MR) is 183 cm³/mol. The molecule has 5 aromatic carbocycles. The molecular weight excluding hydrogens is 532 g/mol. The summed E-state index contributed by atoms with van der Waals surface area (Å²) in [4.78, 5) is 0. The quantitative estimate of drug-likeness (QED) is 0.186. The lowest BCUT2D eigenvalue weighted by Gasteiger charge is -2.44. The van der Waals surface area contributed by atoms with Crippen molar-refractivity contribution >= 4 is 11.0 Å². The maximum Gasteiger partial charge on any atom is 0.249 e. The lowest BCUT2D eigenvalue weighted by atomic mass is 9.59. The van der Waals surface area contributed by atoms with Crippen molar-refractivity contribution < 1.29 is 4.57 Å². The number of fused-ring (bicyclic) bond motifs is 4. The summed E-state index contributed by atoms with van der Waals surface area (Å²) in [7, 11) is 2.19. The Balaban J connectivity index is 1.33. The molecule has 2 heteroatoms. The Morgan fingerprint density at radius 3 is 1.68 bits per heavy atom. The van der Waals surface area contributed by atoms with E-state index >= 15 is 0 Å². The van der Waals surface area contributed by atoms with Gasteiger partial charge in [-0.2, -0.15) is 4.57 Å². The Labute approximate surface area is 261 Å². The van der Waals surface area contributed by atoms with Crippen LogP contribution in [-0.4, -0.2) is 4.57 Å². The lowest BCUT2D eigenvalue weighted by molar-refractivity contribution is -0.645. The van der Waals surface area contributed by atoms with Crippen LogP contribution in [0.5, 0.6) is 0 Å². The minimum atomic E-state index is -0.167. The van der Waals surface area contributed by atoms with E-state index in [4.69, 9.17) is 0 Å². The fraction of sp³-hybridized carbons (Fsp3) is 0.262. The third-order valence-electron chi connectivity index (χ3n) is 10.7. The van der Waals surface area contributed by atoms with Crippen LogP contribution in [0.25, 0.3) is 39.0 Å². The van der Waals surface area contributed by atoms with Gasteiger partial charge in [0.2, 0.25) is 6.33 Å². The van der Waals surface area contributed by atoms with Gasteiger partial charge < -0.3 is 0 Å². The van der Waals surface area contributed by atoms with Crippen LogP contribution < -0.4 is 4.57 Å². The molecule has 0 amide bonds. The summed E-state index contributed by atoms with van der Waals surface area (Å²) >= 11 is 0. The molecule has 44 heavy (non-hydrogen) atoms. The molecule has 0 radical (unpaired) electrons. The van der Waals surface area contributed by atoms with Crippen molar-refractivity contribution in [2.45, 2.75) is 64.2 Å². The van der Waals surface area contributed by atoms with Crippen LogP contribution in [0.4, 0.5) is 0 Å². The van der Waals surface area contributed by atoms with Crippen LogP contribution in [-0.2, 0) is 30.7 Å². The molecule has 0 unspecified atom stereocenters. The molecule has 2 aliphatic carbocycles. The van der Waals surface area contributed by atoms with Crippen LogP contribution in [0.15, 0.2) is 109 Å². The van der Waals surface area contributed by atoms with E-state index in [0.29, 0.717) is 0 Å². The molecule has 218 valence electrons. The summed E-state index contributed by atoms with van der Waals surface area (Å²) in [6.07, 6.45) is 7.27.